The lowest BCUT2D eigenvalue weighted by atomic mass is 10.1. The van der Waals surface area contributed by atoms with Crippen LogP contribution in [0, 0.1) is 0 Å². The molecule has 1 amide bonds. The maximum absolute atomic E-state index is 11.9. The Bertz CT molecular complexity index is 840. The lowest BCUT2D eigenvalue weighted by Crippen LogP contribution is -2.36. The molecule has 3 N–H and O–H groups in total. The number of hydroxylamine groups is 2. The molecule has 0 bridgehead atoms. The van der Waals surface area contributed by atoms with Gasteiger partial charge < -0.3 is 20.3 Å². The minimum atomic E-state index is -0.326. The first-order valence-corrected chi connectivity index (χ1v) is 12.5. The SMILES string of the molecule is CN(COC(C)(C)CCSSc1ccccn1)OCC(=O)NCCc1ccc(O)c(O)c1. The zero-order chi connectivity index (χ0) is 23.4. The molecule has 0 saturated carbocycles. The van der Waals surface area contributed by atoms with Crippen LogP contribution in [0.25, 0.3) is 0 Å². The number of hydrogen-bond acceptors (Lipinski definition) is 9. The van der Waals surface area contributed by atoms with E-state index >= 15 is 0 Å². The molecule has 0 aliphatic heterocycles. The summed E-state index contributed by atoms with van der Waals surface area (Å²) in [6, 6.07) is 10.4. The Morgan fingerprint density at radius 2 is 2.03 bits per heavy atom. The Balaban J connectivity index is 1.55. The van der Waals surface area contributed by atoms with Crippen molar-refractivity contribution in [3.63, 3.8) is 0 Å². The van der Waals surface area contributed by atoms with Crippen molar-refractivity contribution in [1.29, 1.82) is 0 Å². The second kappa shape index (κ2) is 13.5. The van der Waals surface area contributed by atoms with Crippen LogP contribution in [0.2, 0.25) is 0 Å². The van der Waals surface area contributed by atoms with Gasteiger partial charge in [0.05, 0.1) is 5.60 Å². The number of aromatic hydroxyl groups is 2. The summed E-state index contributed by atoms with van der Waals surface area (Å²) in [5.74, 6) is 0.330. The number of carbonyl (C=O) groups is 1. The summed E-state index contributed by atoms with van der Waals surface area (Å²) in [5, 5.41) is 24.0. The van der Waals surface area contributed by atoms with Crippen molar-refractivity contribution in [2.24, 2.45) is 0 Å². The molecule has 0 aliphatic carbocycles. The molecule has 32 heavy (non-hydrogen) atoms. The number of benzene rings is 1. The third-order valence-corrected chi connectivity index (χ3v) is 6.67. The van der Waals surface area contributed by atoms with E-state index in [1.807, 2.05) is 32.0 Å². The number of ether oxygens (including phenoxy) is 1. The number of phenols is 2. The van der Waals surface area contributed by atoms with E-state index in [0.29, 0.717) is 13.0 Å². The monoisotopic (exact) mass is 481 g/mol. The van der Waals surface area contributed by atoms with Crippen LogP contribution >= 0.6 is 21.6 Å². The molecule has 2 aromatic rings. The number of rotatable bonds is 14. The highest BCUT2D eigenvalue weighted by atomic mass is 33.1. The maximum atomic E-state index is 11.9. The van der Waals surface area contributed by atoms with Crippen molar-refractivity contribution in [2.45, 2.75) is 37.3 Å². The van der Waals surface area contributed by atoms with Crippen molar-refractivity contribution >= 4 is 27.5 Å². The summed E-state index contributed by atoms with van der Waals surface area (Å²) in [5.41, 5.74) is 0.485. The van der Waals surface area contributed by atoms with Crippen LogP contribution < -0.4 is 5.32 Å². The third kappa shape index (κ3) is 10.6. The van der Waals surface area contributed by atoms with E-state index in [0.717, 1.165) is 22.8 Å². The Labute approximate surface area is 197 Å². The number of amides is 1. The highest BCUT2D eigenvalue weighted by molar-refractivity contribution is 8.76. The van der Waals surface area contributed by atoms with Crippen molar-refractivity contribution < 1.29 is 24.6 Å². The molecule has 0 unspecified atom stereocenters. The molecular weight excluding hydrogens is 450 g/mol. The fourth-order valence-electron chi connectivity index (χ4n) is 2.45. The normalized spacial score (nSPS) is 11.6. The number of aromatic nitrogens is 1. The quantitative estimate of drug-likeness (QED) is 0.123. The van der Waals surface area contributed by atoms with E-state index in [1.54, 1.807) is 40.9 Å². The van der Waals surface area contributed by atoms with Gasteiger partial charge in [-0.3, -0.25) is 9.63 Å². The minimum absolute atomic E-state index is 0.113. The molecule has 1 heterocycles. The summed E-state index contributed by atoms with van der Waals surface area (Å²) in [7, 11) is 5.11. The smallest absolute Gasteiger partial charge is 0.248 e. The van der Waals surface area contributed by atoms with Crippen LogP contribution in [0.15, 0.2) is 47.6 Å². The second-order valence-corrected chi connectivity index (χ2v) is 10.1. The Kier molecular flexibility index (Phi) is 11.1. The molecule has 1 aromatic heterocycles. The van der Waals surface area contributed by atoms with E-state index in [1.165, 1.54) is 17.2 Å². The number of pyridine rings is 1. The summed E-state index contributed by atoms with van der Waals surface area (Å²) in [6.45, 7) is 4.58. The molecule has 2 rings (SSSR count). The zero-order valence-electron chi connectivity index (χ0n) is 18.6. The number of hydrogen-bond donors (Lipinski definition) is 3. The molecule has 0 radical (unpaired) electrons. The van der Waals surface area contributed by atoms with Gasteiger partial charge in [0.1, 0.15) is 18.4 Å². The Morgan fingerprint density at radius 1 is 1.22 bits per heavy atom. The first kappa shape index (κ1) is 26.3. The van der Waals surface area contributed by atoms with Gasteiger partial charge >= 0.3 is 0 Å². The van der Waals surface area contributed by atoms with Gasteiger partial charge in [-0.15, -0.1) is 0 Å². The molecule has 0 aliphatic rings. The molecule has 0 saturated heterocycles. The van der Waals surface area contributed by atoms with Gasteiger partial charge in [0.25, 0.3) is 0 Å². The fraction of sp³-hybridized carbons (Fsp3) is 0.455. The summed E-state index contributed by atoms with van der Waals surface area (Å²) in [4.78, 5) is 21.7. The van der Waals surface area contributed by atoms with Crippen LogP contribution in [0.5, 0.6) is 11.5 Å². The first-order chi connectivity index (χ1) is 15.2. The van der Waals surface area contributed by atoms with Crippen molar-refractivity contribution in [3.8, 4) is 11.5 Å². The van der Waals surface area contributed by atoms with Gasteiger partial charge in [-0.25, -0.2) is 4.98 Å². The second-order valence-electron chi connectivity index (χ2n) is 7.68. The molecule has 8 nitrogen and oxygen atoms in total. The lowest BCUT2D eigenvalue weighted by Gasteiger charge is -2.27. The highest BCUT2D eigenvalue weighted by Crippen LogP contribution is 2.31. The van der Waals surface area contributed by atoms with Gasteiger partial charge in [-0.1, -0.05) is 22.9 Å². The molecule has 10 heteroatoms. The highest BCUT2D eigenvalue weighted by Gasteiger charge is 2.19. The zero-order valence-corrected chi connectivity index (χ0v) is 20.2. The van der Waals surface area contributed by atoms with Crippen molar-refractivity contribution in [2.75, 3.05) is 32.7 Å². The minimum Gasteiger partial charge on any atom is -0.504 e. The van der Waals surface area contributed by atoms with Crippen LogP contribution in [0.3, 0.4) is 0 Å². The number of phenolic OH excluding ortho intramolecular Hbond substituents is 2. The number of nitrogens with zero attached hydrogens (tertiary/aromatic N) is 2. The average Bonchev–Trinajstić information content (AvgIpc) is 2.77. The van der Waals surface area contributed by atoms with Crippen molar-refractivity contribution in [3.05, 3.63) is 48.2 Å². The van der Waals surface area contributed by atoms with E-state index in [-0.39, 0.29) is 36.3 Å². The number of carbonyl (C=O) groups excluding carboxylic acids is 1. The fourth-order valence-corrected chi connectivity index (χ4v) is 4.63. The lowest BCUT2D eigenvalue weighted by molar-refractivity contribution is -0.215. The molecule has 176 valence electrons. The number of nitrogens with one attached hydrogen (secondary N) is 1. The van der Waals surface area contributed by atoms with Gasteiger partial charge in [-0.05, 0) is 67.3 Å². The first-order valence-electron chi connectivity index (χ1n) is 10.2. The molecule has 0 spiro atoms. The largest absolute Gasteiger partial charge is 0.504 e. The average molecular weight is 482 g/mol. The predicted molar refractivity (Wildman–Crippen MR) is 127 cm³/mol. The summed E-state index contributed by atoms with van der Waals surface area (Å²) < 4.78 is 5.92. The van der Waals surface area contributed by atoms with Crippen molar-refractivity contribution in [1.82, 2.24) is 15.4 Å². The van der Waals surface area contributed by atoms with E-state index in [9.17, 15) is 15.0 Å². The van der Waals surface area contributed by atoms with Crippen LogP contribution in [0.4, 0.5) is 0 Å². The molecular formula is C22H31N3O5S2. The predicted octanol–water partition coefficient (Wildman–Crippen LogP) is 3.60. The maximum Gasteiger partial charge on any atom is 0.248 e. The van der Waals surface area contributed by atoms with Crippen LogP contribution in [-0.2, 0) is 20.8 Å². The van der Waals surface area contributed by atoms with E-state index in [2.05, 4.69) is 10.3 Å². The van der Waals surface area contributed by atoms with Gasteiger partial charge in [0, 0.05) is 25.5 Å². The molecule has 1 aromatic carbocycles. The third-order valence-electron chi connectivity index (χ3n) is 4.40. The Morgan fingerprint density at radius 3 is 2.75 bits per heavy atom. The van der Waals surface area contributed by atoms with Crippen LogP contribution in [-0.4, -0.2) is 64.5 Å². The van der Waals surface area contributed by atoms with Gasteiger partial charge in [0.2, 0.25) is 5.91 Å². The van der Waals surface area contributed by atoms with E-state index < -0.39 is 0 Å². The molecule has 0 fully saturated rings. The van der Waals surface area contributed by atoms with Gasteiger partial charge in [-0.2, -0.15) is 5.06 Å². The topological polar surface area (TPSA) is 104 Å². The molecule has 0 atom stereocenters. The summed E-state index contributed by atoms with van der Waals surface area (Å²) in [6.07, 6.45) is 3.18. The Hall–Kier alpha value is -1.98. The summed E-state index contributed by atoms with van der Waals surface area (Å²) >= 11 is 0. The van der Waals surface area contributed by atoms with Gasteiger partial charge in [0.15, 0.2) is 11.5 Å². The van der Waals surface area contributed by atoms with E-state index in [4.69, 9.17) is 9.57 Å². The standard InChI is InChI=1S/C22H31N3O5S2/c1-22(2,10-13-31-32-21-6-4-5-11-24-21)29-16-25(3)30-15-20(28)23-12-9-17-7-8-18(26)19(27)14-17/h4-8,11,14,26-27H,9-10,12-13,15-16H2,1-3H3,(H,23,28). The van der Waals surface area contributed by atoms with Crippen LogP contribution in [0.1, 0.15) is 25.8 Å².